The maximum absolute atomic E-state index is 2.61. The molecule has 2 atom stereocenters. The van der Waals surface area contributed by atoms with Gasteiger partial charge in [0.15, 0.2) is 0 Å². The lowest BCUT2D eigenvalue weighted by Crippen LogP contribution is -2.28. The minimum absolute atomic E-state index is 0.419. The summed E-state index contributed by atoms with van der Waals surface area (Å²) in [5.41, 5.74) is 14.3. The van der Waals surface area contributed by atoms with Gasteiger partial charge in [-0.1, -0.05) is 158 Å². The lowest BCUT2D eigenvalue weighted by molar-refractivity contribution is 0.476. The molecule has 2 unspecified atom stereocenters. The maximum atomic E-state index is 2.61. The van der Waals surface area contributed by atoms with Crippen molar-refractivity contribution in [2.75, 3.05) is 0 Å². The molecule has 4 aliphatic carbocycles. The lowest BCUT2D eigenvalue weighted by atomic mass is 9.67. The Morgan fingerprint density at radius 3 is 2.12 bits per heavy atom. The summed E-state index contributed by atoms with van der Waals surface area (Å²) in [6, 6.07) is 45.4. The summed E-state index contributed by atoms with van der Waals surface area (Å²) in [6.07, 6.45) is 25.7. The first-order chi connectivity index (χ1) is 24.8. The molecule has 0 radical (unpaired) electrons. The SMILES string of the molecule is C1=CCC(C2C=C(C3=CCCC=C3)C=C(n3c4ccccc4c4c5c(ccc43)C(c3ccccc3)(c3ccccc3)c3ccccc3-5)C2)C=C1. The monoisotopic (exact) mass is 641 g/mol. The fraction of sp³-hybridized carbons (Fsp3) is 0.143. The number of aromatic nitrogens is 1. The number of hydrogen-bond acceptors (Lipinski definition) is 0. The number of fused-ring (bicyclic) bond motifs is 7. The number of para-hydroxylation sites is 1. The Kier molecular flexibility index (Phi) is 6.88. The first-order valence-corrected chi connectivity index (χ1v) is 18.2. The molecule has 0 amide bonds. The summed E-state index contributed by atoms with van der Waals surface area (Å²) in [5, 5.41) is 2.67. The molecule has 5 aromatic carbocycles. The van der Waals surface area contributed by atoms with Crippen LogP contribution < -0.4 is 0 Å². The highest BCUT2D eigenvalue weighted by Crippen LogP contribution is 2.59. The van der Waals surface area contributed by atoms with E-state index in [0.717, 1.165) is 25.7 Å². The molecule has 4 aliphatic rings. The van der Waals surface area contributed by atoms with Crippen molar-refractivity contribution in [2.24, 2.45) is 11.8 Å². The predicted octanol–water partition coefficient (Wildman–Crippen LogP) is 12.4. The van der Waals surface area contributed by atoms with E-state index in [-0.39, 0.29) is 0 Å². The van der Waals surface area contributed by atoms with Gasteiger partial charge in [0.25, 0.3) is 0 Å². The summed E-state index contributed by atoms with van der Waals surface area (Å²) in [7, 11) is 0. The third-order valence-electron chi connectivity index (χ3n) is 11.6. The van der Waals surface area contributed by atoms with Crippen LogP contribution >= 0.6 is 0 Å². The van der Waals surface area contributed by atoms with Gasteiger partial charge in [-0.25, -0.2) is 0 Å². The third kappa shape index (κ3) is 4.33. The van der Waals surface area contributed by atoms with E-state index in [1.807, 2.05) is 0 Å². The largest absolute Gasteiger partial charge is 0.313 e. The molecule has 0 bridgehead atoms. The molecule has 50 heavy (non-hydrogen) atoms. The second kappa shape index (κ2) is 11.7. The van der Waals surface area contributed by atoms with Gasteiger partial charge in [0, 0.05) is 16.5 Å². The number of allylic oxidation sites excluding steroid dienone is 12. The molecule has 0 spiro atoms. The van der Waals surface area contributed by atoms with Crippen molar-refractivity contribution in [2.45, 2.75) is 31.1 Å². The highest BCUT2D eigenvalue weighted by atomic mass is 15.0. The highest BCUT2D eigenvalue weighted by Gasteiger charge is 2.47. The Morgan fingerprint density at radius 1 is 0.600 bits per heavy atom. The second-order valence-electron chi connectivity index (χ2n) is 14.2. The van der Waals surface area contributed by atoms with Crippen molar-refractivity contribution in [1.82, 2.24) is 4.57 Å². The quantitative estimate of drug-likeness (QED) is 0.176. The van der Waals surface area contributed by atoms with Gasteiger partial charge in [-0.15, -0.1) is 0 Å². The molecule has 10 rings (SSSR count). The van der Waals surface area contributed by atoms with Crippen LogP contribution in [0, 0.1) is 11.8 Å². The van der Waals surface area contributed by atoms with Gasteiger partial charge in [0.1, 0.15) is 0 Å². The van der Waals surface area contributed by atoms with E-state index in [0.29, 0.717) is 11.8 Å². The van der Waals surface area contributed by atoms with Crippen LogP contribution in [0.2, 0.25) is 0 Å². The Labute approximate surface area is 294 Å². The van der Waals surface area contributed by atoms with Gasteiger partial charge in [-0.05, 0) is 100 Å². The second-order valence-corrected chi connectivity index (χ2v) is 14.2. The van der Waals surface area contributed by atoms with Gasteiger partial charge in [0.05, 0.1) is 16.4 Å². The number of nitrogens with zero attached hydrogens (tertiary/aromatic N) is 1. The standard InChI is InChI=1S/C49H39N/c1-5-17-34(18-6-1)36-31-37(35-19-7-2-8-20-35)33-40(32-36)50-45-28-16-14-26-42(45)48-46(50)30-29-44-47(48)41-25-13-15-27-43(41)49(44,38-21-9-3-10-22-38)39-23-11-4-12-24-39/h1,3-7,9-17,19-31,33-34,36H,2,8,18,32H2. The van der Waals surface area contributed by atoms with Crippen molar-refractivity contribution < 1.29 is 0 Å². The molecule has 0 N–H and O–H groups in total. The van der Waals surface area contributed by atoms with Gasteiger partial charge >= 0.3 is 0 Å². The van der Waals surface area contributed by atoms with Crippen molar-refractivity contribution in [3.05, 3.63) is 209 Å². The highest BCUT2D eigenvalue weighted by molar-refractivity contribution is 6.19. The van der Waals surface area contributed by atoms with Crippen LogP contribution in [0.3, 0.4) is 0 Å². The fourth-order valence-electron chi connectivity index (χ4n) is 9.47. The van der Waals surface area contributed by atoms with E-state index < -0.39 is 5.41 Å². The number of rotatable bonds is 5. The first-order valence-electron chi connectivity index (χ1n) is 18.2. The lowest BCUT2D eigenvalue weighted by Gasteiger charge is -2.34. The smallest absolute Gasteiger partial charge is 0.0713 e. The van der Waals surface area contributed by atoms with E-state index in [2.05, 4.69) is 181 Å². The Hall–Kier alpha value is -5.66. The van der Waals surface area contributed by atoms with Crippen molar-refractivity contribution in [3.8, 4) is 11.1 Å². The molecular weight excluding hydrogens is 603 g/mol. The molecule has 6 aromatic rings. The van der Waals surface area contributed by atoms with Gasteiger partial charge in [-0.2, -0.15) is 0 Å². The van der Waals surface area contributed by atoms with E-state index in [1.54, 1.807) is 0 Å². The predicted molar refractivity (Wildman–Crippen MR) is 210 cm³/mol. The van der Waals surface area contributed by atoms with Gasteiger partial charge in [0.2, 0.25) is 0 Å². The van der Waals surface area contributed by atoms with E-state index in [9.17, 15) is 0 Å². The van der Waals surface area contributed by atoms with Gasteiger partial charge < -0.3 is 4.57 Å². The summed E-state index contributed by atoms with van der Waals surface area (Å²) >= 11 is 0. The number of hydrogen-bond donors (Lipinski definition) is 0. The van der Waals surface area contributed by atoms with Crippen LogP contribution in [0.4, 0.5) is 0 Å². The van der Waals surface area contributed by atoms with Crippen molar-refractivity contribution in [3.63, 3.8) is 0 Å². The summed E-state index contributed by atoms with van der Waals surface area (Å²) in [4.78, 5) is 0. The number of benzene rings is 5. The molecule has 0 aliphatic heterocycles. The average molecular weight is 642 g/mol. The van der Waals surface area contributed by atoms with Crippen LogP contribution in [0.5, 0.6) is 0 Å². The molecular formula is C49H39N. The molecule has 1 aromatic heterocycles. The molecule has 1 heterocycles. The minimum Gasteiger partial charge on any atom is -0.313 e. The third-order valence-corrected chi connectivity index (χ3v) is 11.6. The van der Waals surface area contributed by atoms with Crippen molar-refractivity contribution >= 4 is 27.5 Å². The van der Waals surface area contributed by atoms with Crippen LogP contribution in [-0.2, 0) is 5.41 Å². The average Bonchev–Trinajstić information content (AvgIpc) is 3.70. The normalized spacial score (nSPS) is 20.4. The minimum atomic E-state index is -0.419. The first kappa shape index (κ1) is 29.3. The summed E-state index contributed by atoms with van der Waals surface area (Å²) in [6.45, 7) is 0. The zero-order valence-electron chi connectivity index (χ0n) is 28.2. The maximum Gasteiger partial charge on any atom is 0.0713 e. The Balaban J connectivity index is 1.26. The van der Waals surface area contributed by atoms with Crippen LogP contribution in [0.25, 0.3) is 38.6 Å². The van der Waals surface area contributed by atoms with E-state index >= 15 is 0 Å². The molecule has 240 valence electrons. The summed E-state index contributed by atoms with van der Waals surface area (Å²) < 4.78 is 2.61. The molecule has 0 fully saturated rings. The summed E-state index contributed by atoms with van der Waals surface area (Å²) in [5.74, 6) is 0.922. The fourth-order valence-corrected chi connectivity index (χ4v) is 9.47. The molecule has 1 nitrogen and oxygen atoms in total. The van der Waals surface area contributed by atoms with Crippen LogP contribution in [0.15, 0.2) is 187 Å². The van der Waals surface area contributed by atoms with Gasteiger partial charge in [-0.3, -0.25) is 0 Å². The Morgan fingerprint density at radius 2 is 1.36 bits per heavy atom. The molecule has 1 heteroatoms. The van der Waals surface area contributed by atoms with Crippen LogP contribution in [0.1, 0.15) is 47.9 Å². The molecule has 0 saturated carbocycles. The van der Waals surface area contributed by atoms with Crippen LogP contribution in [-0.4, -0.2) is 4.57 Å². The topological polar surface area (TPSA) is 4.93 Å². The van der Waals surface area contributed by atoms with E-state index in [4.69, 9.17) is 0 Å². The Bertz CT molecular complexity index is 2440. The zero-order valence-corrected chi connectivity index (χ0v) is 28.2. The van der Waals surface area contributed by atoms with E-state index in [1.165, 1.54) is 72.0 Å². The van der Waals surface area contributed by atoms with Crippen molar-refractivity contribution in [1.29, 1.82) is 0 Å². The molecule has 0 saturated heterocycles. The zero-order chi connectivity index (χ0) is 33.1.